The molecule has 1 aliphatic heterocycles. The molecular weight excluding hydrogens is 545 g/mol. The molecule has 1 amide bonds. The molecule has 0 bridgehead atoms. The van der Waals surface area contributed by atoms with Crippen LogP contribution in [0.5, 0.6) is 0 Å². The second kappa shape index (κ2) is 13.2. The van der Waals surface area contributed by atoms with Gasteiger partial charge >= 0.3 is 0 Å². The van der Waals surface area contributed by atoms with Gasteiger partial charge in [-0.25, -0.2) is 15.0 Å². The highest BCUT2D eigenvalue weighted by atomic mass is 35.5. The van der Waals surface area contributed by atoms with Crippen LogP contribution in [0.2, 0.25) is 15.1 Å². The Hall–Kier alpha value is -2.91. The number of amides is 1. The lowest BCUT2D eigenvalue weighted by Gasteiger charge is -2.27. The molecule has 1 fully saturated rings. The number of halogens is 3. The first kappa shape index (κ1) is 28.1. The van der Waals surface area contributed by atoms with Gasteiger partial charge in [0.2, 0.25) is 5.91 Å². The van der Waals surface area contributed by atoms with Gasteiger partial charge in [-0.2, -0.15) is 0 Å². The summed E-state index contributed by atoms with van der Waals surface area (Å²) in [4.78, 5) is 28.2. The van der Waals surface area contributed by atoms with Gasteiger partial charge in [0.05, 0.1) is 11.6 Å². The summed E-state index contributed by atoms with van der Waals surface area (Å²) in [5.74, 6) is 1.04. The number of nitrogens with one attached hydrogen (secondary N) is 2. The average Bonchev–Trinajstić information content (AvgIpc) is 3.32. The fourth-order valence-corrected chi connectivity index (χ4v) is 4.51. The van der Waals surface area contributed by atoms with E-state index in [-0.39, 0.29) is 12.5 Å². The zero-order chi connectivity index (χ0) is 27.1. The molecule has 1 saturated heterocycles. The van der Waals surface area contributed by atoms with Crippen molar-refractivity contribution in [2.45, 2.75) is 26.7 Å². The minimum Gasteiger partial charge on any atom is -0.359 e. The van der Waals surface area contributed by atoms with E-state index in [1.54, 1.807) is 24.3 Å². The zero-order valence-electron chi connectivity index (χ0n) is 21.3. The van der Waals surface area contributed by atoms with E-state index in [0.717, 1.165) is 18.8 Å². The number of anilines is 1. The minimum absolute atomic E-state index is 0.00589. The minimum atomic E-state index is 0.00589. The lowest BCUT2D eigenvalue weighted by Crippen LogP contribution is -2.48. The summed E-state index contributed by atoms with van der Waals surface area (Å²) in [6, 6.07) is 12.6. The van der Waals surface area contributed by atoms with E-state index < -0.39 is 0 Å². The average molecular weight is 575 g/mol. The Kier molecular flexibility index (Phi) is 9.80. The summed E-state index contributed by atoms with van der Waals surface area (Å²) in [5, 5.41) is 7.98. The maximum Gasteiger partial charge on any atom is 0.242 e. The van der Waals surface area contributed by atoms with E-state index >= 15 is 0 Å². The fraction of sp³-hybridized carbons (Fsp3) is 0.333. The monoisotopic (exact) mass is 573 g/mol. The van der Waals surface area contributed by atoms with Crippen molar-refractivity contribution in [3.05, 3.63) is 63.9 Å². The standard InChI is InChI=1S/C23H20Cl3N7O.C4H10/c24-14-1-4-16(5-2-14)33-22(17-6-3-15(25)11-18(17)26)31-20-21(29-13-30-23(20)33)28-12-19(34)32-9-7-27-8-10-32;1-3-4-2/h1-6,11,13,27H,7-10,12H2,(H,28,29,30);3-4H2,1-2H3. The smallest absolute Gasteiger partial charge is 0.242 e. The number of unbranched alkanes of at least 4 members (excludes halogenated alkanes) is 1. The number of hydrogen-bond acceptors (Lipinski definition) is 6. The first-order chi connectivity index (χ1) is 18.4. The largest absolute Gasteiger partial charge is 0.359 e. The quantitative estimate of drug-likeness (QED) is 0.290. The molecule has 0 aliphatic carbocycles. The Labute approximate surface area is 237 Å². The summed E-state index contributed by atoms with van der Waals surface area (Å²) >= 11 is 18.8. The van der Waals surface area contributed by atoms with Crippen LogP contribution in [0.15, 0.2) is 48.8 Å². The normalized spacial score (nSPS) is 13.2. The summed E-state index contributed by atoms with van der Waals surface area (Å²) in [7, 11) is 0. The Morgan fingerprint density at radius 2 is 1.66 bits per heavy atom. The lowest BCUT2D eigenvalue weighted by atomic mass is 10.2. The van der Waals surface area contributed by atoms with Crippen molar-refractivity contribution in [3.63, 3.8) is 0 Å². The van der Waals surface area contributed by atoms with Crippen molar-refractivity contribution in [1.82, 2.24) is 29.7 Å². The molecule has 0 spiro atoms. The van der Waals surface area contributed by atoms with Crippen LogP contribution in [-0.2, 0) is 4.79 Å². The number of carbonyl (C=O) groups excluding carboxylic acids is 1. The molecule has 38 heavy (non-hydrogen) atoms. The number of aromatic nitrogens is 4. The van der Waals surface area contributed by atoms with E-state index in [0.29, 0.717) is 56.5 Å². The molecule has 1 aliphatic rings. The van der Waals surface area contributed by atoms with Crippen molar-refractivity contribution in [2.24, 2.45) is 0 Å². The van der Waals surface area contributed by atoms with Crippen LogP contribution in [-0.4, -0.2) is 63.0 Å². The molecule has 4 aromatic rings. The van der Waals surface area contributed by atoms with E-state index in [2.05, 4.69) is 34.4 Å². The lowest BCUT2D eigenvalue weighted by molar-refractivity contribution is -0.129. The molecule has 200 valence electrons. The highest BCUT2D eigenvalue weighted by Crippen LogP contribution is 2.35. The highest BCUT2D eigenvalue weighted by molar-refractivity contribution is 6.36. The third kappa shape index (κ3) is 6.56. The molecule has 2 N–H and O–H groups in total. The summed E-state index contributed by atoms with van der Waals surface area (Å²) in [5.41, 5.74) is 2.57. The second-order valence-corrected chi connectivity index (χ2v) is 10.0. The number of nitrogens with zero attached hydrogens (tertiary/aromatic N) is 5. The Morgan fingerprint density at radius 1 is 0.974 bits per heavy atom. The van der Waals surface area contributed by atoms with Crippen LogP contribution in [0.3, 0.4) is 0 Å². The molecule has 2 aromatic heterocycles. The van der Waals surface area contributed by atoms with Gasteiger partial charge in [-0.1, -0.05) is 61.5 Å². The number of rotatable bonds is 6. The Bertz CT molecular complexity index is 1380. The highest BCUT2D eigenvalue weighted by Gasteiger charge is 2.22. The predicted octanol–water partition coefficient (Wildman–Crippen LogP) is 6.09. The SMILES string of the molecule is CCCC.O=C(CNc1ncnc2c1nc(-c1ccc(Cl)cc1Cl)n2-c1ccc(Cl)cc1)N1CCNCC1. The number of hydrogen-bond donors (Lipinski definition) is 2. The van der Waals surface area contributed by atoms with E-state index in [9.17, 15) is 4.79 Å². The van der Waals surface area contributed by atoms with Crippen molar-refractivity contribution >= 4 is 57.7 Å². The van der Waals surface area contributed by atoms with Gasteiger partial charge in [0, 0.05) is 47.5 Å². The maximum atomic E-state index is 12.7. The summed E-state index contributed by atoms with van der Waals surface area (Å²) in [6.45, 7) is 7.42. The number of carbonyl (C=O) groups is 1. The van der Waals surface area contributed by atoms with Crippen LogP contribution >= 0.6 is 34.8 Å². The molecule has 3 heterocycles. The van der Waals surface area contributed by atoms with Crippen molar-refractivity contribution in [3.8, 4) is 17.1 Å². The molecule has 0 atom stereocenters. The molecule has 0 saturated carbocycles. The van der Waals surface area contributed by atoms with Gasteiger partial charge < -0.3 is 15.5 Å². The zero-order valence-corrected chi connectivity index (χ0v) is 23.6. The first-order valence-electron chi connectivity index (χ1n) is 12.6. The van der Waals surface area contributed by atoms with Crippen LogP contribution in [0, 0.1) is 0 Å². The third-order valence-corrected chi connectivity index (χ3v) is 6.88. The third-order valence-electron chi connectivity index (χ3n) is 6.08. The number of fused-ring (bicyclic) bond motifs is 1. The van der Waals surface area contributed by atoms with Crippen LogP contribution < -0.4 is 10.6 Å². The van der Waals surface area contributed by atoms with Gasteiger partial charge in [0.1, 0.15) is 12.2 Å². The topological polar surface area (TPSA) is 88.0 Å². The van der Waals surface area contributed by atoms with Gasteiger partial charge in [-0.3, -0.25) is 9.36 Å². The van der Waals surface area contributed by atoms with Gasteiger partial charge in [-0.05, 0) is 42.5 Å². The first-order valence-corrected chi connectivity index (χ1v) is 13.7. The van der Waals surface area contributed by atoms with E-state index in [1.807, 2.05) is 27.7 Å². The van der Waals surface area contributed by atoms with Crippen LogP contribution in [0.25, 0.3) is 28.2 Å². The van der Waals surface area contributed by atoms with Crippen molar-refractivity contribution in [1.29, 1.82) is 0 Å². The van der Waals surface area contributed by atoms with E-state index in [1.165, 1.54) is 19.2 Å². The molecule has 5 rings (SSSR count). The predicted molar refractivity (Wildman–Crippen MR) is 156 cm³/mol. The molecule has 2 aromatic carbocycles. The Morgan fingerprint density at radius 3 is 2.32 bits per heavy atom. The summed E-state index contributed by atoms with van der Waals surface area (Å²) < 4.78 is 1.88. The van der Waals surface area contributed by atoms with Crippen LogP contribution in [0.4, 0.5) is 5.82 Å². The Balaban J connectivity index is 0.000000786. The molecule has 8 nitrogen and oxygen atoms in total. The van der Waals surface area contributed by atoms with Gasteiger partial charge in [0.15, 0.2) is 17.0 Å². The van der Waals surface area contributed by atoms with Crippen molar-refractivity contribution < 1.29 is 4.79 Å². The summed E-state index contributed by atoms with van der Waals surface area (Å²) in [6.07, 6.45) is 4.08. The second-order valence-electron chi connectivity index (χ2n) is 8.75. The molecule has 11 heteroatoms. The maximum absolute atomic E-state index is 12.7. The number of imidazole rings is 1. The molecule has 0 unspecified atom stereocenters. The van der Waals surface area contributed by atoms with E-state index in [4.69, 9.17) is 39.8 Å². The molecule has 0 radical (unpaired) electrons. The van der Waals surface area contributed by atoms with Gasteiger partial charge in [-0.15, -0.1) is 0 Å². The number of piperazine rings is 1. The van der Waals surface area contributed by atoms with Crippen molar-refractivity contribution in [2.75, 3.05) is 38.0 Å². The van der Waals surface area contributed by atoms with Crippen LogP contribution in [0.1, 0.15) is 26.7 Å². The number of benzene rings is 2. The molecular formula is C27H30Cl3N7O. The fourth-order valence-electron chi connectivity index (χ4n) is 3.89. The van der Waals surface area contributed by atoms with Gasteiger partial charge in [0.25, 0.3) is 0 Å².